The zero-order valence-electron chi connectivity index (χ0n) is 12.1. The summed E-state index contributed by atoms with van der Waals surface area (Å²) in [5.41, 5.74) is 0.991. The first-order valence-corrected chi connectivity index (χ1v) is 9.33. The fourth-order valence-corrected chi connectivity index (χ4v) is 4.70. The van der Waals surface area contributed by atoms with Gasteiger partial charge in [-0.2, -0.15) is 0 Å². The Bertz CT molecular complexity index is 966. The average molecular weight is 357 g/mol. The van der Waals surface area contributed by atoms with Gasteiger partial charge in [0.25, 0.3) is 5.91 Å². The number of nitrogens with one attached hydrogen (secondary N) is 1. The third-order valence-corrected chi connectivity index (χ3v) is 6.29. The Kier molecular flexibility index (Phi) is 3.68. The molecule has 1 amide bonds. The van der Waals surface area contributed by atoms with Crippen molar-refractivity contribution < 1.29 is 4.79 Å². The lowest BCUT2D eigenvalue weighted by atomic mass is 10.3. The molecule has 0 radical (unpaired) electrons. The predicted octanol–water partition coefficient (Wildman–Crippen LogP) is 5.04. The topological polar surface area (TPSA) is 54.9 Å². The van der Waals surface area contributed by atoms with Gasteiger partial charge < -0.3 is 0 Å². The Morgan fingerprint density at radius 2 is 1.96 bits per heavy atom. The van der Waals surface area contributed by atoms with Gasteiger partial charge in [-0.1, -0.05) is 12.1 Å². The highest BCUT2D eigenvalue weighted by Crippen LogP contribution is 2.34. The number of carbonyl (C=O) groups is 1. The lowest BCUT2D eigenvalue weighted by Gasteiger charge is -1.97. The lowest BCUT2D eigenvalue weighted by molar-refractivity contribution is 0.103. The number of para-hydroxylation sites is 1. The monoisotopic (exact) mass is 357 g/mol. The van der Waals surface area contributed by atoms with Gasteiger partial charge in [-0.15, -0.1) is 34.0 Å². The van der Waals surface area contributed by atoms with E-state index < -0.39 is 0 Å². The summed E-state index contributed by atoms with van der Waals surface area (Å²) >= 11 is 4.56. The normalized spacial score (nSPS) is 11.0. The van der Waals surface area contributed by atoms with E-state index in [-0.39, 0.29) is 5.91 Å². The minimum atomic E-state index is -0.128. The van der Waals surface area contributed by atoms with Gasteiger partial charge in [0.2, 0.25) is 0 Å². The zero-order chi connectivity index (χ0) is 15.8. The first kappa shape index (κ1) is 14.5. The van der Waals surface area contributed by atoms with Crippen LogP contribution in [0.5, 0.6) is 0 Å². The Hall–Kier alpha value is -2.09. The first-order valence-electron chi connectivity index (χ1n) is 6.88. The molecule has 0 unspecified atom stereocenters. The molecule has 0 saturated carbocycles. The van der Waals surface area contributed by atoms with Crippen LogP contribution in [-0.4, -0.2) is 15.9 Å². The zero-order valence-corrected chi connectivity index (χ0v) is 14.5. The van der Waals surface area contributed by atoms with E-state index >= 15 is 0 Å². The van der Waals surface area contributed by atoms with Crippen LogP contribution < -0.4 is 5.32 Å². The predicted molar refractivity (Wildman–Crippen MR) is 97.7 cm³/mol. The third kappa shape index (κ3) is 2.90. The van der Waals surface area contributed by atoms with Crippen LogP contribution in [0.2, 0.25) is 0 Å². The highest BCUT2D eigenvalue weighted by atomic mass is 32.1. The van der Waals surface area contributed by atoms with Gasteiger partial charge in [-0.05, 0) is 31.2 Å². The SMILES string of the molecule is Cc1cnc(NC(=O)c2ccc(-c3nc4ccccc4s3)s2)s1. The number of hydrogen-bond acceptors (Lipinski definition) is 6. The molecule has 0 atom stereocenters. The number of fused-ring (bicyclic) bond motifs is 1. The minimum absolute atomic E-state index is 0.128. The fraction of sp³-hybridized carbons (Fsp3) is 0.0625. The van der Waals surface area contributed by atoms with E-state index in [1.165, 1.54) is 22.7 Å². The van der Waals surface area contributed by atoms with Gasteiger partial charge in [-0.25, -0.2) is 9.97 Å². The summed E-state index contributed by atoms with van der Waals surface area (Å²) in [6.45, 7) is 1.96. The Balaban J connectivity index is 1.59. The Morgan fingerprint density at radius 1 is 1.09 bits per heavy atom. The smallest absolute Gasteiger partial charge is 0.267 e. The molecule has 7 heteroatoms. The van der Waals surface area contributed by atoms with Crippen molar-refractivity contribution >= 4 is 55.3 Å². The Morgan fingerprint density at radius 3 is 2.74 bits per heavy atom. The van der Waals surface area contributed by atoms with Gasteiger partial charge in [0.05, 0.1) is 20.0 Å². The summed E-state index contributed by atoms with van der Waals surface area (Å²) < 4.78 is 1.15. The quantitative estimate of drug-likeness (QED) is 0.559. The van der Waals surface area contributed by atoms with Crippen LogP contribution in [-0.2, 0) is 0 Å². The van der Waals surface area contributed by atoms with Crippen LogP contribution in [0.15, 0.2) is 42.6 Å². The molecule has 0 aliphatic carbocycles. The first-order chi connectivity index (χ1) is 11.2. The van der Waals surface area contributed by atoms with Crippen molar-refractivity contribution in [1.29, 1.82) is 0 Å². The number of rotatable bonds is 3. The van der Waals surface area contributed by atoms with Crippen molar-refractivity contribution in [2.24, 2.45) is 0 Å². The van der Waals surface area contributed by atoms with E-state index in [0.717, 1.165) is 25.0 Å². The van der Waals surface area contributed by atoms with Gasteiger partial charge in [0, 0.05) is 11.1 Å². The standard InChI is InChI=1S/C16H11N3OS3/c1-9-8-17-16(21-9)19-14(20)12-6-7-13(22-12)15-18-10-4-2-3-5-11(10)23-15/h2-8H,1H3,(H,17,19,20). The summed E-state index contributed by atoms with van der Waals surface area (Å²) in [5.74, 6) is -0.128. The van der Waals surface area contributed by atoms with Crippen molar-refractivity contribution in [1.82, 2.24) is 9.97 Å². The fourth-order valence-electron chi connectivity index (χ4n) is 2.12. The second-order valence-electron chi connectivity index (χ2n) is 4.88. The molecule has 1 N–H and O–H groups in total. The van der Waals surface area contributed by atoms with Gasteiger partial charge in [-0.3, -0.25) is 10.1 Å². The molecule has 0 bridgehead atoms. The van der Waals surface area contributed by atoms with Gasteiger partial charge in [0.1, 0.15) is 5.01 Å². The number of hydrogen-bond donors (Lipinski definition) is 1. The van der Waals surface area contributed by atoms with Crippen LogP contribution in [0.1, 0.15) is 14.5 Å². The molecule has 23 heavy (non-hydrogen) atoms. The molecule has 1 aromatic carbocycles. The molecule has 4 rings (SSSR count). The van der Waals surface area contributed by atoms with Crippen molar-refractivity contribution in [2.45, 2.75) is 6.92 Å². The van der Waals surface area contributed by atoms with Crippen molar-refractivity contribution in [3.05, 3.63) is 52.3 Å². The second kappa shape index (κ2) is 5.84. The summed E-state index contributed by atoms with van der Waals surface area (Å²) in [5, 5.41) is 4.40. The number of aryl methyl sites for hydroxylation is 1. The minimum Gasteiger partial charge on any atom is -0.297 e. The van der Waals surface area contributed by atoms with E-state index in [2.05, 4.69) is 21.4 Å². The number of aromatic nitrogens is 2. The van der Waals surface area contributed by atoms with E-state index in [1.54, 1.807) is 17.5 Å². The van der Waals surface area contributed by atoms with Crippen molar-refractivity contribution in [3.63, 3.8) is 0 Å². The van der Waals surface area contributed by atoms with E-state index in [0.29, 0.717) is 10.0 Å². The molecule has 0 aliphatic heterocycles. The van der Waals surface area contributed by atoms with Gasteiger partial charge >= 0.3 is 0 Å². The van der Waals surface area contributed by atoms with Gasteiger partial charge in [0.15, 0.2) is 5.13 Å². The Labute approximate surface area is 144 Å². The number of amides is 1. The van der Waals surface area contributed by atoms with Crippen LogP contribution in [0.3, 0.4) is 0 Å². The number of nitrogens with zero attached hydrogens (tertiary/aromatic N) is 2. The number of benzene rings is 1. The van der Waals surface area contributed by atoms with Crippen LogP contribution >= 0.6 is 34.0 Å². The molecule has 4 nitrogen and oxygen atoms in total. The lowest BCUT2D eigenvalue weighted by Crippen LogP contribution is -2.09. The maximum atomic E-state index is 12.3. The summed E-state index contributed by atoms with van der Waals surface area (Å²) in [4.78, 5) is 23.8. The number of thiazole rings is 2. The van der Waals surface area contributed by atoms with Crippen LogP contribution in [0, 0.1) is 6.92 Å². The molecule has 0 saturated heterocycles. The summed E-state index contributed by atoms with van der Waals surface area (Å²) in [6, 6.07) is 11.8. The molecule has 4 aromatic rings. The van der Waals surface area contributed by atoms with Crippen LogP contribution in [0.25, 0.3) is 20.1 Å². The molecule has 0 fully saturated rings. The molecule has 0 aliphatic rings. The van der Waals surface area contributed by atoms with E-state index in [4.69, 9.17) is 0 Å². The molecule has 3 aromatic heterocycles. The number of anilines is 1. The maximum Gasteiger partial charge on any atom is 0.267 e. The molecular formula is C16H11N3OS3. The molecule has 114 valence electrons. The second-order valence-corrected chi connectivity index (χ2v) is 8.23. The number of carbonyl (C=O) groups excluding carboxylic acids is 1. The summed E-state index contributed by atoms with van der Waals surface area (Å²) in [7, 11) is 0. The van der Waals surface area contributed by atoms with Crippen LogP contribution in [0.4, 0.5) is 5.13 Å². The third-order valence-electron chi connectivity index (χ3n) is 3.18. The molecule has 0 spiro atoms. The van der Waals surface area contributed by atoms with Crippen molar-refractivity contribution in [3.8, 4) is 9.88 Å². The highest BCUT2D eigenvalue weighted by molar-refractivity contribution is 7.26. The van der Waals surface area contributed by atoms with E-state index in [1.807, 2.05) is 37.3 Å². The molecular weight excluding hydrogens is 346 g/mol. The highest BCUT2D eigenvalue weighted by Gasteiger charge is 2.14. The molecule has 3 heterocycles. The van der Waals surface area contributed by atoms with E-state index in [9.17, 15) is 4.79 Å². The average Bonchev–Trinajstić information content (AvgIpc) is 3.25. The maximum absolute atomic E-state index is 12.3. The number of thiophene rings is 1. The van der Waals surface area contributed by atoms with Crippen molar-refractivity contribution in [2.75, 3.05) is 5.32 Å². The summed E-state index contributed by atoms with van der Waals surface area (Å²) in [6.07, 6.45) is 1.75. The largest absolute Gasteiger partial charge is 0.297 e.